The van der Waals surface area contributed by atoms with E-state index in [9.17, 15) is 0 Å². The first-order chi connectivity index (χ1) is 17.5. The Morgan fingerprint density at radius 3 is 1.03 bits per heavy atom. The number of hydrogen-bond acceptors (Lipinski definition) is 6. The summed E-state index contributed by atoms with van der Waals surface area (Å²) in [7, 11) is 8.11. The number of rotatable bonds is 8. The molecule has 0 saturated heterocycles. The van der Waals surface area contributed by atoms with Crippen molar-refractivity contribution in [2.45, 2.75) is 0 Å². The van der Waals surface area contributed by atoms with E-state index >= 15 is 0 Å². The molecule has 0 saturated carbocycles. The first-order valence-electron chi connectivity index (χ1n) is 11.7. The van der Waals surface area contributed by atoms with E-state index in [0.29, 0.717) is 0 Å². The maximum atomic E-state index is 4.54. The molecule has 0 amide bonds. The fourth-order valence-electron chi connectivity index (χ4n) is 3.34. The molecule has 6 nitrogen and oxygen atoms in total. The molecule has 0 spiro atoms. The number of nitrogens with zero attached hydrogens (tertiary/aromatic N) is 6. The van der Waals surface area contributed by atoms with Crippen LogP contribution in [0.15, 0.2) is 117 Å². The number of aliphatic imine (C=N–C) groups is 2. The third-order valence-corrected chi connectivity index (χ3v) is 5.52. The molecule has 4 aromatic rings. The molecule has 0 aliphatic heterocycles. The van der Waals surface area contributed by atoms with Crippen LogP contribution in [0.25, 0.3) is 0 Å². The van der Waals surface area contributed by atoms with E-state index in [1.165, 1.54) is 0 Å². The number of azo groups is 1. The van der Waals surface area contributed by atoms with Crippen molar-refractivity contribution in [1.82, 2.24) is 0 Å². The molecule has 0 bridgehead atoms. The monoisotopic (exact) mass is 474 g/mol. The Hall–Kier alpha value is -4.58. The van der Waals surface area contributed by atoms with Crippen LogP contribution in [-0.2, 0) is 0 Å². The molecule has 0 atom stereocenters. The smallest absolute Gasteiger partial charge is 0.0858 e. The lowest BCUT2D eigenvalue weighted by Crippen LogP contribution is -2.08. The Balaban J connectivity index is 1.32. The summed E-state index contributed by atoms with van der Waals surface area (Å²) >= 11 is 0. The number of benzene rings is 4. The number of hydrogen-bond donors (Lipinski definition) is 0. The Kier molecular flexibility index (Phi) is 7.98. The van der Waals surface area contributed by atoms with Gasteiger partial charge in [-0.1, -0.05) is 24.3 Å². The van der Waals surface area contributed by atoms with Crippen LogP contribution >= 0.6 is 0 Å². The first kappa shape index (κ1) is 24.5. The van der Waals surface area contributed by atoms with E-state index in [1.54, 1.807) is 0 Å². The van der Waals surface area contributed by atoms with Gasteiger partial charge < -0.3 is 9.80 Å². The van der Waals surface area contributed by atoms with Crippen molar-refractivity contribution >= 4 is 46.6 Å². The zero-order valence-corrected chi connectivity index (χ0v) is 21.1. The Labute approximate surface area is 213 Å². The standard InChI is InChI=1S/C30H30N6/c1-35(2)29-17-5-23(6-18-29)21-31-25-9-13-27(14-10-25)33-34-28-15-11-26(12-16-28)32-22-24-7-19-30(20-8-24)36(3)4/h5-22H,1-4H3/b31-21+,32-22+,34-33+. The van der Waals surface area contributed by atoms with E-state index in [4.69, 9.17) is 0 Å². The van der Waals surface area contributed by atoms with Gasteiger partial charge in [0.05, 0.1) is 22.7 Å². The van der Waals surface area contributed by atoms with Gasteiger partial charge in [-0.3, -0.25) is 9.98 Å². The normalized spacial score (nSPS) is 11.6. The van der Waals surface area contributed by atoms with Gasteiger partial charge >= 0.3 is 0 Å². The molecule has 0 aliphatic carbocycles. The van der Waals surface area contributed by atoms with Crippen molar-refractivity contribution in [3.63, 3.8) is 0 Å². The third-order valence-electron chi connectivity index (χ3n) is 5.52. The molecule has 6 heteroatoms. The van der Waals surface area contributed by atoms with E-state index in [1.807, 2.05) is 89.2 Å². The summed E-state index contributed by atoms with van der Waals surface area (Å²) in [6, 6.07) is 31.9. The van der Waals surface area contributed by atoms with Gasteiger partial charge in [0.25, 0.3) is 0 Å². The summed E-state index contributed by atoms with van der Waals surface area (Å²) in [6.07, 6.45) is 3.72. The molecule has 0 fully saturated rings. The van der Waals surface area contributed by atoms with Gasteiger partial charge in [0.15, 0.2) is 0 Å². The molecule has 0 radical (unpaired) electrons. The fraction of sp³-hybridized carbons (Fsp3) is 0.133. The summed E-state index contributed by atoms with van der Waals surface area (Å²) in [5, 5.41) is 8.67. The molecule has 0 unspecified atom stereocenters. The molecule has 4 rings (SSSR count). The highest BCUT2D eigenvalue weighted by atomic mass is 15.1. The van der Waals surface area contributed by atoms with Crippen molar-refractivity contribution < 1.29 is 0 Å². The maximum Gasteiger partial charge on any atom is 0.0858 e. The minimum atomic E-state index is 0.771. The molecule has 4 aromatic carbocycles. The van der Waals surface area contributed by atoms with Crippen LogP contribution in [0, 0.1) is 0 Å². The molecule has 180 valence electrons. The van der Waals surface area contributed by atoms with Crippen LogP contribution in [0.2, 0.25) is 0 Å². The van der Waals surface area contributed by atoms with Crippen LogP contribution in [0.5, 0.6) is 0 Å². The van der Waals surface area contributed by atoms with Gasteiger partial charge in [0.1, 0.15) is 0 Å². The SMILES string of the molecule is CN(C)c1ccc(/C=N/c2ccc(/N=N/c3ccc(/N=C/c4ccc(N(C)C)cc4)cc3)cc2)cc1. The average Bonchev–Trinajstić information content (AvgIpc) is 2.91. The van der Waals surface area contributed by atoms with E-state index in [2.05, 4.69) is 78.5 Å². The van der Waals surface area contributed by atoms with Gasteiger partial charge in [-0.2, -0.15) is 10.2 Å². The quantitative estimate of drug-likeness (QED) is 0.194. The van der Waals surface area contributed by atoms with Gasteiger partial charge in [-0.05, 0) is 83.9 Å². The zero-order valence-electron chi connectivity index (χ0n) is 21.1. The highest BCUT2D eigenvalue weighted by molar-refractivity contribution is 5.83. The topological polar surface area (TPSA) is 55.9 Å². The summed E-state index contributed by atoms with van der Waals surface area (Å²) in [5.41, 5.74) is 7.71. The molecule has 0 N–H and O–H groups in total. The highest BCUT2D eigenvalue weighted by Gasteiger charge is 1.97. The van der Waals surface area contributed by atoms with Crippen molar-refractivity contribution in [1.29, 1.82) is 0 Å². The van der Waals surface area contributed by atoms with Crippen molar-refractivity contribution in [2.24, 2.45) is 20.2 Å². The van der Waals surface area contributed by atoms with Crippen molar-refractivity contribution in [2.75, 3.05) is 38.0 Å². The van der Waals surface area contributed by atoms with Crippen LogP contribution in [0.1, 0.15) is 11.1 Å². The minimum absolute atomic E-state index is 0.771. The summed E-state index contributed by atoms with van der Waals surface area (Å²) in [5.74, 6) is 0. The van der Waals surface area contributed by atoms with Gasteiger partial charge in [0.2, 0.25) is 0 Å². The van der Waals surface area contributed by atoms with E-state index < -0.39 is 0 Å². The van der Waals surface area contributed by atoms with Crippen LogP contribution in [0.3, 0.4) is 0 Å². The second kappa shape index (κ2) is 11.7. The second-order valence-corrected chi connectivity index (χ2v) is 8.72. The highest BCUT2D eigenvalue weighted by Crippen LogP contribution is 2.24. The summed E-state index contributed by atoms with van der Waals surface area (Å²) < 4.78 is 0. The molecular formula is C30H30N6. The molecule has 0 heterocycles. The largest absolute Gasteiger partial charge is 0.378 e. The predicted molar refractivity (Wildman–Crippen MR) is 153 cm³/mol. The van der Waals surface area contributed by atoms with Crippen LogP contribution in [0.4, 0.5) is 34.1 Å². The zero-order chi connectivity index (χ0) is 25.3. The second-order valence-electron chi connectivity index (χ2n) is 8.72. The van der Waals surface area contributed by atoms with Gasteiger partial charge in [0, 0.05) is 52.0 Å². The molecule has 0 aliphatic rings. The predicted octanol–water partition coefficient (Wildman–Crippen LogP) is 7.74. The lowest BCUT2D eigenvalue weighted by molar-refractivity contribution is 1.13. The van der Waals surface area contributed by atoms with E-state index in [-0.39, 0.29) is 0 Å². The lowest BCUT2D eigenvalue weighted by atomic mass is 10.2. The first-order valence-corrected chi connectivity index (χ1v) is 11.7. The summed E-state index contributed by atoms with van der Waals surface area (Å²) in [6.45, 7) is 0. The van der Waals surface area contributed by atoms with Gasteiger partial charge in [-0.15, -0.1) is 0 Å². The Morgan fingerprint density at radius 2 is 0.722 bits per heavy atom. The fourth-order valence-corrected chi connectivity index (χ4v) is 3.34. The molecule has 0 aromatic heterocycles. The molecular weight excluding hydrogens is 444 g/mol. The Morgan fingerprint density at radius 1 is 0.417 bits per heavy atom. The van der Waals surface area contributed by atoms with Crippen LogP contribution < -0.4 is 9.80 Å². The average molecular weight is 475 g/mol. The van der Waals surface area contributed by atoms with E-state index in [0.717, 1.165) is 45.3 Å². The van der Waals surface area contributed by atoms with Crippen LogP contribution in [-0.4, -0.2) is 40.6 Å². The third kappa shape index (κ3) is 6.96. The lowest BCUT2D eigenvalue weighted by Gasteiger charge is -2.11. The maximum absolute atomic E-state index is 4.54. The Bertz CT molecular complexity index is 1230. The summed E-state index contributed by atoms with van der Waals surface area (Å²) in [4.78, 5) is 13.2. The van der Waals surface area contributed by atoms with Crippen molar-refractivity contribution in [3.8, 4) is 0 Å². The molecule has 36 heavy (non-hydrogen) atoms. The van der Waals surface area contributed by atoms with Crippen molar-refractivity contribution in [3.05, 3.63) is 108 Å². The number of anilines is 2. The van der Waals surface area contributed by atoms with Gasteiger partial charge in [-0.25, -0.2) is 0 Å². The minimum Gasteiger partial charge on any atom is -0.378 e.